The van der Waals surface area contributed by atoms with E-state index in [9.17, 15) is 13.2 Å². The van der Waals surface area contributed by atoms with Crippen LogP contribution in [0.4, 0.5) is 13.2 Å². The van der Waals surface area contributed by atoms with Crippen LogP contribution in [0.25, 0.3) is 0 Å². The van der Waals surface area contributed by atoms with Crippen LogP contribution in [0, 0.1) is 0 Å². The zero-order valence-corrected chi connectivity index (χ0v) is 10.2. The first kappa shape index (κ1) is 14.6. The number of halogens is 3. The number of hydrogen-bond donors (Lipinski definition) is 1. The van der Waals surface area contributed by atoms with E-state index in [1.165, 1.54) is 27.4 Å². The molecule has 0 aliphatic rings. The molecule has 0 aliphatic heterocycles. The molecule has 7 heteroatoms. The van der Waals surface area contributed by atoms with E-state index in [4.69, 9.17) is 9.47 Å². The molecule has 1 aromatic rings. The zero-order valence-electron chi connectivity index (χ0n) is 10.2. The fourth-order valence-electron chi connectivity index (χ4n) is 1.58. The van der Waals surface area contributed by atoms with Crippen molar-refractivity contribution in [3.8, 4) is 11.5 Å². The van der Waals surface area contributed by atoms with E-state index >= 15 is 0 Å². The van der Waals surface area contributed by atoms with Gasteiger partial charge in [0.15, 0.2) is 11.5 Å². The highest BCUT2D eigenvalue weighted by atomic mass is 19.4. The third kappa shape index (κ3) is 3.05. The smallest absolute Gasteiger partial charge is 0.416 e. The van der Waals surface area contributed by atoms with Gasteiger partial charge >= 0.3 is 6.18 Å². The molecule has 0 spiro atoms. The summed E-state index contributed by atoms with van der Waals surface area (Å²) in [6, 6.07) is 2.17. The van der Waals surface area contributed by atoms with Crippen molar-refractivity contribution in [2.45, 2.75) is 12.7 Å². The Morgan fingerprint density at radius 2 is 1.78 bits per heavy atom. The van der Waals surface area contributed by atoms with E-state index in [0.717, 1.165) is 6.07 Å². The second-order valence-corrected chi connectivity index (χ2v) is 3.35. The first-order chi connectivity index (χ1) is 8.45. The number of alkyl halides is 3. The fraction of sp³-hybridized carbons (Fsp3) is 0.455. The molecule has 0 heterocycles. The van der Waals surface area contributed by atoms with Crippen LogP contribution in [0.3, 0.4) is 0 Å². The lowest BCUT2D eigenvalue weighted by Gasteiger charge is -2.18. The summed E-state index contributed by atoms with van der Waals surface area (Å²) in [5.74, 6) is 0.273. The molecule has 1 N–H and O–H groups in total. The predicted octanol–water partition coefficient (Wildman–Crippen LogP) is 2.37. The number of nitrogens with one attached hydrogen (secondary N) is 1. The van der Waals surface area contributed by atoms with Crippen molar-refractivity contribution in [2.24, 2.45) is 0 Å². The number of ether oxygens (including phenoxy) is 2. The highest BCUT2D eigenvalue weighted by molar-refractivity contribution is 5.51. The van der Waals surface area contributed by atoms with Crippen LogP contribution in [-0.2, 0) is 17.6 Å². The van der Waals surface area contributed by atoms with Crippen LogP contribution >= 0.6 is 0 Å². The SMILES string of the molecule is CONCc1c(C(F)(F)F)ccc(OC)c1OC. The average molecular weight is 265 g/mol. The molecule has 1 rings (SSSR count). The van der Waals surface area contributed by atoms with Crippen molar-refractivity contribution in [3.05, 3.63) is 23.3 Å². The van der Waals surface area contributed by atoms with Crippen molar-refractivity contribution in [2.75, 3.05) is 21.3 Å². The number of hydroxylamine groups is 1. The molecule has 102 valence electrons. The maximum absolute atomic E-state index is 12.9. The monoisotopic (exact) mass is 265 g/mol. The molecule has 0 aliphatic carbocycles. The maximum atomic E-state index is 12.9. The Morgan fingerprint density at radius 1 is 1.11 bits per heavy atom. The van der Waals surface area contributed by atoms with Gasteiger partial charge in [0.05, 0.1) is 33.4 Å². The molecule has 0 aromatic heterocycles. The molecule has 0 saturated heterocycles. The highest BCUT2D eigenvalue weighted by Crippen LogP contribution is 2.40. The van der Waals surface area contributed by atoms with Crippen LogP contribution in [0.2, 0.25) is 0 Å². The first-order valence-electron chi connectivity index (χ1n) is 5.02. The third-order valence-electron chi connectivity index (χ3n) is 2.35. The molecule has 1 aromatic carbocycles. The minimum Gasteiger partial charge on any atom is -0.493 e. The first-order valence-corrected chi connectivity index (χ1v) is 5.02. The predicted molar refractivity (Wildman–Crippen MR) is 58.4 cm³/mol. The molecular weight excluding hydrogens is 251 g/mol. The Morgan fingerprint density at radius 3 is 2.22 bits per heavy atom. The number of rotatable bonds is 5. The quantitative estimate of drug-likeness (QED) is 0.830. The van der Waals surface area contributed by atoms with Gasteiger partial charge in [-0.05, 0) is 12.1 Å². The molecule has 18 heavy (non-hydrogen) atoms. The van der Waals surface area contributed by atoms with Crippen LogP contribution in [0.1, 0.15) is 11.1 Å². The topological polar surface area (TPSA) is 39.7 Å². The summed E-state index contributed by atoms with van der Waals surface area (Å²) in [6.07, 6.45) is -4.47. The lowest BCUT2D eigenvalue weighted by Crippen LogP contribution is -2.18. The van der Waals surface area contributed by atoms with Crippen molar-refractivity contribution in [1.82, 2.24) is 5.48 Å². The molecule has 0 fully saturated rings. The van der Waals surface area contributed by atoms with Crippen LogP contribution in [0.5, 0.6) is 11.5 Å². The van der Waals surface area contributed by atoms with Gasteiger partial charge < -0.3 is 14.3 Å². The van der Waals surface area contributed by atoms with Gasteiger partial charge in [0.25, 0.3) is 0 Å². The zero-order chi connectivity index (χ0) is 13.8. The van der Waals surface area contributed by atoms with E-state index in [1.54, 1.807) is 0 Å². The molecule has 0 saturated carbocycles. The number of methoxy groups -OCH3 is 2. The number of hydrogen-bond acceptors (Lipinski definition) is 4. The van der Waals surface area contributed by atoms with Gasteiger partial charge in [0.1, 0.15) is 0 Å². The van der Waals surface area contributed by atoms with Crippen molar-refractivity contribution >= 4 is 0 Å². The van der Waals surface area contributed by atoms with E-state index in [2.05, 4.69) is 10.3 Å². The Labute approximate surface area is 103 Å². The van der Waals surface area contributed by atoms with Gasteiger partial charge in [-0.3, -0.25) is 0 Å². The van der Waals surface area contributed by atoms with E-state index in [0.29, 0.717) is 0 Å². The van der Waals surface area contributed by atoms with E-state index < -0.39 is 11.7 Å². The third-order valence-corrected chi connectivity index (χ3v) is 2.35. The van der Waals surface area contributed by atoms with Gasteiger partial charge in [-0.1, -0.05) is 0 Å². The van der Waals surface area contributed by atoms with Crippen LogP contribution < -0.4 is 15.0 Å². The summed E-state index contributed by atoms with van der Waals surface area (Å²) in [5, 5.41) is 0. The van der Waals surface area contributed by atoms with Crippen molar-refractivity contribution in [1.29, 1.82) is 0 Å². The van der Waals surface area contributed by atoms with Gasteiger partial charge in [-0.25, -0.2) is 0 Å². The van der Waals surface area contributed by atoms with Crippen LogP contribution in [-0.4, -0.2) is 21.3 Å². The van der Waals surface area contributed by atoms with Gasteiger partial charge in [0, 0.05) is 5.56 Å². The minimum atomic E-state index is -4.47. The highest BCUT2D eigenvalue weighted by Gasteiger charge is 2.35. The summed E-state index contributed by atoms with van der Waals surface area (Å²) < 4.78 is 48.5. The lowest BCUT2D eigenvalue weighted by molar-refractivity contribution is -0.138. The van der Waals surface area contributed by atoms with Gasteiger partial charge in [-0.2, -0.15) is 18.7 Å². The average Bonchev–Trinajstić information content (AvgIpc) is 2.33. The molecular formula is C11H14F3NO3. The fourth-order valence-corrected chi connectivity index (χ4v) is 1.58. The minimum absolute atomic E-state index is 0.0388. The van der Waals surface area contributed by atoms with Crippen molar-refractivity contribution in [3.63, 3.8) is 0 Å². The largest absolute Gasteiger partial charge is 0.493 e. The van der Waals surface area contributed by atoms with Crippen LogP contribution in [0.15, 0.2) is 12.1 Å². The standard InChI is InChI=1S/C11H14F3NO3/c1-16-9-5-4-8(11(12,13)14)7(6-15-18-3)10(9)17-2/h4-5,15H,6H2,1-3H3. The van der Waals surface area contributed by atoms with E-state index in [1.807, 2.05) is 0 Å². The normalized spacial score (nSPS) is 11.4. The Bertz CT molecular complexity index is 407. The summed E-state index contributed by atoms with van der Waals surface area (Å²) >= 11 is 0. The Balaban J connectivity index is 3.34. The molecule has 4 nitrogen and oxygen atoms in total. The second-order valence-electron chi connectivity index (χ2n) is 3.35. The summed E-state index contributed by atoms with van der Waals surface area (Å²) in [6.45, 7) is -0.147. The van der Waals surface area contributed by atoms with Gasteiger partial charge in [0.2, 0.25) is 0 Å². The molecule has 0 unspecified atom stereocenters. The second kappa shape index (κ2) is 5.92. The summed E-state index contributed by atoms with van der Waals surface area (Å²) in [7, 11) is 3.97. The molecule has 0 bridgehead atoms. The molecule has 0 radical (unpaired) electrons. The maximum Gasteiger partial charge on any atom is 0.416 e. The lowest BCUT2D eigenvalue weighted by atomic mass is 10.1. The molecule has 0 amide bonds. The molecule has 0 atom stereocenters. The Hall–Kier alpha value is -1.47. The van der Waals surface area contributed by atoms with Gasteiger partial charge in [-0.15, -0.1) is 0 Å². The summed E-state index contributed by atoms with van der Waals surface area (Å²) in [4.78, 5) is 4.57. The van der Waals surface area contributed by atoms with Crippen molar-refractivity contribution < 1.29 is 27.5 Å². The Kier molecular flexibility index (Phi) is 4.80. The van der Waals surface area contributed by atoms with E-state index in [-0.39, 0.29) is 23.6 Å². The number of benzene rings is 1. The summed E-state index contributed by atoms with van der Waals surface area (Å²) in [5.41, 5.74) is 1.52.